The fourth-order valence-corrected chi connectivity index (χ4v) is 4.22. The summed E-state index contributed by atoms with van der Waals surface area (Å²) in [6.07, 6.45) is 8.08. The van der Waals surface area contributed by atoms with Gasteiger partial charge < -0.3 is 9.64 Å². The second-order valence-corrected chi connectivity index (χ2v) is 7.92. The maximum absolute atomic E-state index is 6.33. The van der Waals surface area contributed by atoms with Gasteiger partial charge in [-0.3, -0.25) is 14.9 Å². The third-order valence-corrected chi connectivity index (χ3v) is 5.51. The molecule has 5 heteroatoms. The van der Waals surface area contributed by atoms with Gasteiger partial charge in [0.2, 0.25) is 0 Å². The van der Waals surface area contributed by atoms with Gasteiger partial charge in [0, 0.05) is 51.3 Å². The van der Waals surface area contributed by atoms with Crippen molar-refractivity contribution in [2.45, 2.75) is 31.5 Å². The van der Waals surface area contributed by atoms with Gasteiger partial charge in [0.25, 0.3) is 0 Å². The largest absolute Gasteiger partial charge is 0.372 e. The van der Waals surface area contributed by atoms with E-state index < -0.39 is 0 Å². The molecule has 2 saturated heterocycles. The van der Waals surface area contributed by atoms with Crippen molar-refractivity contribution in [3.8, 4) is 0 Å². The summed E-state index contributed by atoms with van der Waals surface area (Å²) in [6.45, 7) is 5.94. The van der Waals surface area contributed by atoms with Crippen molar-refractivity contribution in [1.29, 1.82) is 0 Å². The number of nitrogens with zero attached hydrogens (tertiary/aromatic N) is 4. The van der Waals surface area contributed by atoms with E-state index in [1.807, 2.05) is 30.7 Å². The first-order chi connectivity index (χ1) is 12.7. The van der Waals surface area contributed by atoms with Crippen LogP contribution in [0.25, 0.3) is 0 Å². The molecule has 0 unspecified atom stereocenters. The van der Waals surface area contributed by atoms with Crippen LogP contribution in [-0.2, 0) is 17.8 Å². The van der Waals surface area contributed by atoms with E-state index in [1.54, 1.807) is 0 Å². The smallest absolute Gasteiger partial charge is 0.0935 e. The molecule has 2 fully saturated rings. The Morgan fingerprint density at radius 1 is 1.23 bits per heavy atom. The van der Waals surface area contributed by atoms with Gasteiger partial charge in [-0.25, -0.2) is 0 Å². The highest BCUT2D eigenvalue weighted by Gasteiger charge is 2.46. The van der Waals surface area contributed by atoms with Crippen molar-refractivity contribution in [2.75, 3.05) is 33.3 Å². The maximum atomic E-state index is 6.33. The average Bonchev–Trinajstić information content (AvgIpc) is 2.64. The predicted octanol–water partition coefficient (Wildman–Crippen LogP) is 2.59. The van der Waals surface area contributed by atoms with Crippen LogP contribution in [-0.4, -0.2) is 58.7 Å². The van der Waals surface area contributed by atoms with Crippen molar-refractivity contribution in [1.82, 2.24) is 19.8 Å². The monoisotopic (exact) mass is 352 g/mol. The highest BCUT2D eigenvalue weighted by molar-refractivity contribution is 5.09. The number of hydrogen-bond acceptors (Lipinski definition) is 5. The van der Waals surface area contributed by atoms with E-state index in [1.165, 1.54) is 18.4 Å². The zero-order valence-corrected chi connectivity index (χ0v) is 15.6. The zero-order chi connectivity index (χ0) is 17.8. The molecule has 0 aliphatic carbocycles. The molecule has 26 heavy (non-hydrogen) atoms. The Morgan fingerprint density at radius 2 is 2.15 bits per heavy atom. The van der Waals surface area contributed by atoms with Crippen LogP contribution in [0.2, 0.25) is 0 Å². The number of hydrogen-bond donors (Lipinski definition) is 0. The fraction of sp³-hybridized carbons (Fsp3) is 0.524. The summed E-state index contributed by atoms with van der Waals surface area (Å²) in [6, 6.07) is 10.3. The minimum atomic E-state index is 0.104. The van der Waals surface area contributed by atoms with Crippen LogP contribution >= 0.6 is 0 Å². The lowest BCUT2D eigenvalue weighted by atomic mass is 9.82. The third kappa shape index (κ3) is 4.29. The summed E-state index contributed by atoms with van der Waals surface area (Å²) in [5.41, 5.74) is 2.52. The van der Waals surface area contributed by atoms with Gasteiger partial charge in [-0.2, -0.15) is 0 Å². The van der Waals surface area contributed by atoms with Crippen molar-refractivity contribution < 1.29 is 4.74 Å². The van der Waals surface area contributed by atoms with Gasteiger partial charge in [0.1, 0.15) is 0 Å². The first-order valence-electron chi connectivity index (χ1n) is 9.54. The molecule has 0 N–H and O–H groups in total. The van der Waals surface area contributed by atoms with E-state index in [0.717, 1.165) is 45.0 Å². The van der Waals surface area contributed by atoms with Crippen molar-refractivity contribution in [3.05, 3.63) is 60.2 Å². The van der Waals surface area contributed by atoms with E-state index in [4.69, 9.17) is 4.74 Å². The summed E-state index contributed by atoms with van der Waals surface area (Å²) < 4.78 is 6.33. The second-order valence-electron chi connectivity index (χ2n) is 7.92. The van der Waals surface area contributed by atoms with E-state index in [9.17, 15) is 0 Å². The molecule has 2 aliphatic heterocycles. The van der Waals surface area contributed by atoms with E-state index in [0.29, 0.717) is 5.92 Å². The van der Waals surface area contributed by atoms with Crippen molar-refractivity contribution in [2.24, 2.45) is 5.92 Å². The van der Waals surface area contributed by atoms with Crippen LogP contribution in [0.4, 0.5) is 0 Å². The summed E-state index contributed by atoms with van der Waals surface area (Å²) in [5, 5.41) is 0. The molecule has 0 saturated carbocycles. The second kappa shape index (κ2) is 7.82. The molecule has 1 spiro atoms. The van der Waals surface area contributed by atoms with Gasteiger partial charge in [-0.15, -0.1) is 0 Å². The molecule has 2 aromatic heterocycles. The van der Waals surface area contributed by atoms with Crippen LogP contribution < -0.4 is 0 Å². The first-order valence-corrected chi connectivity index (χ1v) is 9.54. The topological polar surface area (TPSA) is 41.5 Å². The Balaban J connectivity index is 1.19. The Hall–Kier alpha value is -1.82. The first kappa shape index (κ1) is 17.6. The minimum absolute atomic E-state index is 0.104. The molecule has 138 valence electrons. The molecule has 0 radical (unpaired) electrons. The SMILES string of the molecule is CN(Cc1cccnc1)C[C@@H]1CCC2(CN(Cc3ccccn3)C2)OC1. The molecule has 2 aromatic rings. The molecule has 0 amide bonds. The summed E-state index contributed by atoms with van der Waals surface area (Å²) in [5.74, 6) is 0.632. The molecule has 1 atom stereocenters. The van der Waals surface area contributed by atoms with E-state index >= 15 is 0 Å². The molecule has 4 rings (SSSR count). The van der Waals surface area contributed by atoms with Crippen LogP contribution in [0.3, 0.4) is 0 Å². The van der Waals surface area contributed by atoms with Gasteiger partial charge >= 0.3 is 0 Å². The Kier molecular flexibility index (Phi) is 5.29. The molecular formula is C21H28N4O. The third-order valence-electron chi connectivity index (χ3n) is 5.51. The zero-order valence-electron chi connectivity index (χ0n) is 15.6. The van der Waals surface area contributed by atoms with Gasteiger partial charge in [-0.1, -0.05) is 12.1 Å². The predicted molar refractivity (Wildman–Crippen MR) is 101 cm³/mol. The lowest BCUT2D eigenvalue weighted by Crippen LogP contribution is -2.64. The molecule has 5 nitrogen and oxygen atoms in total. The highest BCUT2D eigenvalue weighted by Crippen LogP contribution is 2.36. The summed E-state index contributed by atoms with van der Waals surface area (Å²) >= 11 is 0. The Labute approximate surface area is 156 Å². The standard InChI is InChI=1S/C21H28N4O/c1-24(12-18-5-4-9-22-11-18)13-19-7-8-21(26-15-19)16-25(17-21)14-20-6-2-3-10-23-20/h2-6,9-11,19H,7-8,12-17H2,1H3/t19-/m0/s1. The molecule has 2 aliphatic rings. The van der Waals surface area contributed by atoms with Crippen LogP contribution in [0, 0.1) is 5.92 Å². The summed E-state index contributed by atoms with van der Waals surface area (Å²) in [7, 11) is 2.19. The number of aromatic nitrogens is 2. The van der Waals surface area contributed by atoms with Crippen LogP contribution in [0.15, 0.2) is 48.9 Å². The van der Waals surface area contributed by atoms with E-state index in [-0.39, 0.29) is 5.60 Å². The van der Waals surface area contributed by atoms with Crippen LogP contribution in [0.1, 0.15) is 24.1 Å². The Bertz CT molecular complexity index is 678. The van der Waals surface area contributed by atoms with Gasteiger partial charge in [0.05, 0.1) is 17.9 Å². The highest BCUT2D eigenvalue weighted by atomic mass is 16.5. The number of ether oxygens (including phenoxy) is 1. The minimum Gasteiger partial charge on any atom is -0.372 e. The number of pyridine rings is 2. The van der Waals surface area contributed by atoms with Crippen molar-refractivity contribution >= 4 is 0 Å². The summed E-state index contributed by atoms with van der Waals surface area (Å²) in [4.78, 5) is 13.4. The lowest BCUT2D eigenvalue weighted by Gasteiger charge is -2.53. The van der Waals surface area contributed by atoms with E-state index in [2.05, 4.69) is 45.0 Å². The molecule has 0 aromatic carbocycles. The molecule has 4 heterocycles. The quantitative estimate of drug-likeness (QED) is 0.799. The van der Waals surface area contributed by atoms with Crippen molar-refractivity contribution in [3.63, 3.8) is 0 Å². The normalized spacial score (nSPS) is 22.5. The number of rotatable bonds is 6. The van der Waals surface area contributed by atoms with Gasteiger partial charge in [0.15, 0.2) is 0 Å². The fourth-order valence-electron chi connectivity index (χ4n) is 4.22. The lowest BCUT2D eigenvalue weighted by molar-refractivity contribution is -0.183. The average molecular weight is 352 g/mol. The maximum Gasteiger partial charge on any atom is 0.0935 e. The van der Waals surface area contributed by atoms with Crippen LogP contribution in [0.5, 0.6) is 0 Å². The molecular weight excluding hydrogens is 324 g/mol. The number of likely N-dealkylation sites (tertiary alicyclic amines) is 1. The Morgan fingerprint density at radius 3 is 2.85 bits per heavy atom. The molecule has 0 bridgehead atoms. The van der Waals surface area contributed by atoms with Gasteiger partial charge in [-0.05, 0) is 49.6 Å².